The summed E-state index contributed by atoms with van der Waals surface area (Å²) < 4.78 is 11.6. The van der Waals surface area contributed by atoms with Gasteiger partial charge in [0, 0.05) is 17.3 Å². The molecule has 9 heteroatoms. The van der Waals surface area contributed by atoms with E-state index in [9.17, 15) is 4.79 Å². The van der Waals surface area contributed by atoms with E-state index in [-0.39, 0.29) is 5.11 Å². The molecule has 2 N–H and O–H groups in total. The summed E-state index contributed by atoms with van der Waals surface area (Å²) in [6, 6.07) is 23.9. The number of aromatic nitrogens is 1. The van der Waals surface area contributed by atoms with Crippen LogP contribution in [0.25, 0.3) is 40.0 Å². The Labute approximate surface area is 221 Å². The molecular formula is C27H17Cl2N3O3S. The van der Waals surface area contributed by atoms with Crippen LogP contribution < -0.4 is 10.6 Å². The number of nitrogens with one attached hydrogen (secondary N) is 2. The van der Waals surface area contributed by atoms with Crippen molar-refractivity contribution in [1.29, 1.82) is 0 Å². The lowest BCUT2D eigenvalue weighted by Crippen LogP contribution is -2.32. The highest BCUT2D eigenvalue weighted by molar-refractivity contribution is 7.80. The summed E-state index contributed by atoms with van der Waals surface area (Å²) in [4.78, 5) is 16.8. The van der Waals surface area contributed by atoms with Crippen molar-refractivity contribution in [3.05, 3.63) is 101 Å². The highest BCUT2D eigenvalue weighted by Gasteiger charge is 2.14. The lowest BCUT2D eigenvalue weighted by molar-refractivity contribution is -0.115. The number of fused-ring (bicyclic) bond motifs is 1. The Morgan fingerprint density at radius 3 is 2.61 bits per heavy atom. The highest BCUT2D eigenvalue weighted by atomic mass is 35.5. The summed E-state index contributed by atoms with van der Waals surface area (Å²) in [5, 5.41) is 6.49. The third-order valence-electron chi connectivity index (χ3n) is 5.15. The summed E-state index contributed by atoms with van der Waals surface area (Å²) in [6.45, 7) is 0. The van der Waals surface area contributed by atoms with Gasteiger partial charge in [-0.25, -0.2) is 4.98 Å². The minimum Gasteiger partial charge on any atom is -0.457 e. The van der Waals surface area contributed by atoms with Gasteiger partial charge in [-0.15, -0.1) is 0 Å². The van der Waals surface area contributed by atoms with Crippen molar-refractivity contribution in [2.24, 2.45) is 0 Å². The highest BCUT2D eigenvalue weighted by Crippen LogP contribution is 2.35. The quantitative estimate of drug-likeness (QED) is 0.179. The lowest BCUT2D eigenvalue weighted by atomic mass is 10.2. The van der Waals surface area contributed by atoms with Crippen LogP contribution in [0.4, 0.5) is 5.69 Å². The van der Waals surface area contributed by atoms with Gasteiger partial charge in [-0.1, -0.05) is 59.6 Å². The molecule has 0 aliphatic heterocycles. The molecule has 5 rings (SSSR count). The molecule has 2 aromatic heterocycles. The van der Waals surface area contributed by atoms with Crippen molar-refractivity contribution in [3.8, 4) is 22.8 Å². The van der Waals surface area contributed by atoms with Gasteiger partial charge in [-0.3, -0.25) is 10.1 Å². The molecule has 0 aliphatic rings. The van der Waals surface area contributed by atoms with Gasteiger partial charge in [0.15, 0.2) is 10.7 Å². The zero-order valence-electron chi connectivity index (χ0n) is 18.5. The molecule has 2 heterocycles. The van der Waals surface area contributed by atoms with Crippen LogP contribution in [-0.4, -0.2) is 16.0 Å². The fourth-order valence-electron chi connectivity index (χ4n) is 3.46. The number of rotatable bonds is 5. The van der Waals surface area contributed by atoms with Crippen LogP contribution >= 0.6 is 35.4 Å². The van der Waals surface area contributed by atoms with E-state index >= 15 is 0 Å². The second-order valence-corrected chi connectivity index (χ2v) is 8.84. The fraction of sp³-hybridized carbons (Fsp3) is 0. The Morgan fingerprint density at radius 2 is 1.78 bits per heavy atom. The standard InChI is InChI=1S/C27H17Cl2N3O3S/c28-20-8-4-7-19(25(20)29)26-31-21-15-17(9-12-23(21)35-26)30-27(36)32-24(33)14-11-18-10-13-22(34-18)16-5-2-1-3-6-16/h1-15H,(H2,30,32,33,36)/b14-11+. The zero-order chi connectivity index (χ0) is 25.1. The average Bonchev–Trinajstić information content (AvgIpc) is 3.52. The van der Waals surface area contributed by atoms with Gasteiger partial charge in [0.05, 0.1) is 15.6 Å². The number of halogens is 2. The molecule has 5 aromatic rings. The second-order valence-electron chi connectivity index (χ2n) is 7.65. The van der Waals surface area contributed by atoms with E-state index in [4.69, 9.17) is 44.3 Å². The maximum Gasteiger partial charge on any atom is 0.250 e. The SMILES string of the molecule is O=C(/C=C/c1ccc(-c2ccccc2)o1)NC(=S)Nc1ccc2oc(-c3cccc(Cl)c3Cl)nc2c1. The topological polar surface area (TPSA) is 80.3 Å². The first kappa shape index (κ1) is 23.8. The number of carbonyl (C=O) groups is 1. The van der Waals surface area contributed by atoms with Crippen molar-refractivity contribution >= 4 is 69.3 Å². The van der Waals surface area contributed by atoms with Crippen molar-refractivity contribution < 1.29 is 13.6 Å². The predicted molar refractivity (Wildman–Crippen MR) is 147 cm³/mol. The minimum absolute atomic E-state index is 0.134. The molecule has 0 spiro atoms. The molecule has 0 fully saturated rings. The Morgan fingerprint density at radius 1 is 0.944 bits per heavy atom. The van der Waals surface area contributed by atoms with Crippen molar-refractivity contribution in [2.45, 2.75) is 0 Å². The third-order valence-corrected chi connectivity index (χ3v) is 6.17. The number of amides is 1. The van der Waals surface area contributed by atoms with E-state index in [0.717, 1.165) is 11.3 Å². The van der Waals surface area contributed by atoms with Gasteiger partial charge >= 0.3 is 0 Å². The first-order valence-corrected chi connectivity index (χ1v) is 11.9. The molecule has 0 bridgehead atoms. The van der Waals surface area contributed by atoms with Gasteiger partial charge in [0.2, 0.25) is 11.8 Å². The molecular weight excluding hydrogens is 517 g/mol. The Balaban J connectivity index is 1.22. The Bertz CT molecular complexity index is 1610. The Hall–Kier alpha value is -3.91. The second kappa shape index (κ2) is 10.4. The van der Waals surface area contributed by atoms with Crippen LogP contribution in [0.5, 0.6) is 0 Å². The number of anilines is 1. The van der Waals surface area contributed by atoms with Crippen LogP contribution in [0, 0.1) is 0 Å². The first-order valence-electron chi connectivity index (χ1n) is 10.8. The fourth-order valence-corrected chi connectivity index (χ4v) is 4.06. The summed E-state index contributed by atoms with van der Waals surface area (Å²) >= 11 is 17.7. The molecule has 0 saturated heterocycles. The molecule has 178 valence electrons. The van der Waals surface area contributed by atoms with Crippen LogP contribution in [0.1, 0.15) is 5.76 Å². The average molecular weight is 534 g/mol. The van der Waals surface area contributed by atoms with Crippen LogP contribution in [0.15, 0.2) is 93.8 Å². The van der Waals surface area contributed by atoms with Crippen molar-refractivity contribution in [2.75, 3.05) is 5.32 Å². The third kappa shape index (κ3) is 5.33. The van der Waals surface area contributed by atoms with Gasteiger partial charge in [-0.2, -0.15) is 0 Å². The minimum atomic E-state index is -0.398. The van der Waals surface area contributed by atoms with Crippen LogP contribution in [0.2, 0.25) is 10.0 Å². The number of thiocarbonyl (C=S) groups is 1. The van der Waals surface area contributed by atoms with Crippen molar-refractivity contribution in [1.82, 2.24) is 10.3 Å². The van der Waals surface area contributed by atoms with Crippen LogP contribution in [0.3, 0.4) is 0 Å². The van der Waals surface area contributed by atoms with E-state index in [1.165, 1.54) is 6.08 Å². The molecule has 0 saturated carbocycles. The number of hydrogen-bond acceptors (Lipinski definition) is 5. The van der Waals surface area contributed by atoms with E-state index in [1.807, 2.05) is 36.4 Å². The molecule has 3 aromatic carbocycles. The van der Waals surface area contributed by atoms with Gasteiger partial charge < -0.3 is 14.2 Å². The normalized spacial score (nSPS) is 11.2. The lowest BCUT2D eigenvalue weighted by Gasteiger charge is -2.07. The van der Waals surface area contributed by atoms with Crippen molar-refractivity contribution in [3.63, 3.8) is 0 Å². The monoisotopic (exact) mass is 533 g/mol. The number of oxazole rings is 1. The summed E-state index contributed by atoms with van der Waals surface area (Å²) in [5.41, 5.74) is 3.34. The molecule has 0 atom stereocenters. The van der Waals surface area contributed by atoms with E-state index in [2.05, 4.69) is 15.6 Å². The molecule has 0 radical (unpaired) electrons. The molecule has 0 aliphatic carbocycles. The van der Waals surface area contributed by atoms with Gasteiger partial charge in [0.1, 0.15) is 17.0 Å². The predicted octanol–water partition coefficient (Wildman–Crippen LogP) is 7.59. The number of hydrogen-bond donors (Lipinski definition) is 2. The maximum atomic E-state index is 12.3. The molecule has 1 amide bonds. The smallest absolute Gasteiger partial charge is 0.250 e. The molecule has 36 heavy (non-hydrogen) atoms. The first-order chi connectivity index (χ1) is 17.5. The summed E-state index contributed by atoms with van der Waals surface area (Å²) in [7, 11) is 0. The van der Waals surface area contributed by atoms with E-state index in [0.29, 0.717) is 44.0 Å². The molecule has 6 nitrogen and oxygen atoms in total. The van der Waals surface area contributed by atoms with Gasteiger partial charge in [0.25, 0.3) is 0 Å². The number of carbonyl (C=O) groups excluding carboxylic acids is 1. The number of benzene rings is 3. The maximum absolute atomic E-state index is 12.3. The largest absolute Gasteiger partial charge is 0.457 e. The number of furan rings is 1. The van der Waals surface area contributed by atoms with E-state index in [1.54, 1.807) is 48.5 Å². The van der Waals surface area contributed by atoms with Gasteiger partial charge in [-0.05, 0) is 60.8 Å². The van der Waals surface area contributed by atoms with E-state index < -0.39 is 5.91 Å². The zero-order valence-corrected chi connectivity index (χ0v) is 20.8. The number of nitrogens with zero attached hydrogens (tertiary/aromatic N) is 1. The van der Waals surface area contributed by atoms with Crippen LogP contribution in [-0.2, 0) is 4.79 Å². The Kier molecular flexibility index (Phi) is 6.86. The molecule has 0 unspecified atom stereocenters. The summed E-state index contributed by atoms with van der Waals surface area (Å²) in [5.74, 6) is 1.22. The summed E-state index contributed by atoms with van der Waals surface area (Å²) in [6.07, 6.45) is 2.93.